The maximum Gasteiger partial charge on any atom is 0.331 e. The summed E-state index contributed by atoms with van der Waals surface area (Å²) in [6.07, 6.45) is 2.09. The van der Waals surface area contributed by atoms with Crippen LogP contribution in [0.2, 0.25) is 0 Å². The van der Waals surface area contributed by atoms with E-state index in [1.165, 1.54) is 24.9 Å². The molecule has 0 unspecified atom stereocenters. The minimum Gasteiger partial charge on any atom is -0.466 e. The van der Waals surface area contributed by atoms with Gasteiger partial charge in [-0.1, -0.05) is 32.0 Å². The SMILES string of the molecule is COC(=O)/C=C1/SC(=Nc2ccccc2)N(CCC(C)C)C1=O. The van der Waals surface area contributed by atoms with E-state index < -0.39 is 5.97 Å². The summed E-state index contributed by atoms with van der Waals surface area (Å²) in [5, 5.41) is 0.594. The van der Waals surface area contributed by atoms with E-state index >= 15 is 0 Å². The fourth-order valence-corrected chi connectivity index (χ4v) is 2.94. The molecular formula is C17H20N2O3S. The van der Waals surface area contributed by atoms with Gasteiger partial charge in [0.25, 0.3) is 5.91 Å². The van der Waals surface area contributed by atoms with Crippen LogP contribution in [0.4, 0.5) is 5.69 Å². The zero-order chi connectivity index (χ0) is 16.8. The quantitative estimate of drug-likeness (QED) is 0.613. The molecule has 1 saturated heterocycles. The van der Waals surface area contributed by atoms with Gasteiger partial charge in [0.2, 0.25) is 0 Å². The number of ether oxygens (including phenoxy) is 1. The van der Waals surface area contributed by atoms with Gasteiger partial charge in [0.1, 0.15) is 0 Å². The van der Waals surface area contributed by atoms with Gasteiger partial charge in [-0.3, -0.25) is 9.69 Å². The van der Waals surface area contributed by atoms with Gasteiger partial charge in [0.05, 0.1) is 17.7 Å². The van der Waals surface area contributed by atoms with E-state index in [2.05, 4.69) is 23.6 Å². The highest BCUT2D eigenvalue weighted by Crippen LogP contribution is 2.33. The number of thioether (sulfide) groups is 1. The van der Waals surface area contributed by atoms with Crippen LogP contribution >= 0.6 is 11.8 Å². The zero-order valence-electron chi connectivity index (χ0n) is 13.5. The maximum absolute atomic E-state index is 12.5. The van der Waals surface area contributed by atoms with E-state index in [-0.39, 0.29) is 5.91 Å². The third kappa shape index (κ3) is 4.69. The van der Waals surface area contributed by atoms with Crippen LogP contribution in [0.25, 0.3) is 0 Å². The number of para-hydroxylation sites is 1. The Morgan fingerprint density at radius 1 is 1.35 bits per heavy atom. The number of benzene rings is 1. The first-order valence-corrected chi connectivity index (χ1v) is 8.26. The van der Waals surface area contributed by atoms with Crippen molar-refractivity contribution in [2.45, 2.75) is 20.3 Å². The molecule has 0 N–H and O–H groups in total. The van der Waals surface area contributed by atoms with Gasteiger partial charge in [0.15, 0.2) is 5.17 Å². The topological polar surface area (TPSA) is 59.0 Å². The van der Waals surface area contributed by atoms with E-state index in [4.69, 9.17) is 0 Å². The predicted molar refractivity (Wildman–Crippen MR) is 92.4 cm³/mol. The number of methoxy groups -OCH3 is 1. The van der Waals surface area contributed by atoms with Gasteiger partial charge in [-0.2, -0.15) is 0 Å². The van der Waals surface area contributed by atoms with Crippen LogP contribution in [0.3, 0.4) is 0 Å². The second-order valence-corrected chi connectivity index (χ2v) is 6.51. The van der Waals surface area contributed by atoms with Crippen molar-refractivity contribution in [3.05, 3.63) is 41.3 Å². The molecule has 0 aliphatic carbocycles. The van der Waals surface area contributed by atoms with Crippen molar-refractivity contribution in [3.63, 3.8) is 0 Å². The number of esters is 1. The molecule has 0 spiro atoms. The molecule has 1 aliphatic heterocycles. The summed E-state index contributed by atoms with van der Waals surface area (Å²) >= 11 is 1.20. The van der Waals surface area contributed by atoms with Gasteiger partial charge < -0.3 is 4.74 Å². The van der Waals surface area contributed by atoms with E-state index in [9.17, 15) is 9.59 Å². The van der Waals surface area contributed by atoms with E-state index in [0.717, 1.165) is 12.1 Å². The van der Waals surface area contributed by atoms with Crippen LogP contribution in [0.1, 0.15) is 20.3 Å². The minimum absolute atomic E-state index is 0.198. The second kappa shape index (κ2) is 7.97. The summed E-state index contributed by atoms with van der Waals surface area (Å²) < 4.78 is 4.61. The molecule has 5 nitrogen and oxygen atoms in total. The third-order valence-corrected chi connectivity index (χ3v) is 4.26. The number of hydrogen-bond acceptors (Lipinski definition) is 5. The van der Waals surface area contributed by atoms with Crippen molar-refractivity contribution in [2.24, 2.45) is 10.9 Å². The number of aliphatic imine (C=N–C) groups is 1. The number of nitrogens with zero attached hydrogens (tertiary/aromatic N) is 2. The first-order valence-electron chi connectivity index (χ1n) is 7.44. The number of hydrogen-bond donors (Lipinski definition) is 0. The Morgan fingerprint density at radius 3 is 2.65 bits per heavy atom. The molecule has 0 aromatic heterocycles. The van der Waals surface area contributed by atoms with Crippen LogP contribution in [0.5, 0.6) is 0 Å². The fourth-order valence-electron chi connectivity index (χ4n) is 1.95. The van der Waals surface area contributed by atoms with Crippen molar-refractivity contribution in [2.75, 3.05) is 13.7 Å². The standard InChI is InChI=1S/C17H20N2O3S/c1-12(2)9-10-19-16(21)14(11-15(20)22-3)23-17(19)18-13-7-5-4-6-8-13/h4-8,11-12H,9-10H2,1-3H3/b14-11+,18-17?. The zero-order valence-corrected chi connectivity index (χ0v) is 14.3. The molecule has 1 heterocycles. The third-order valence-electron chi connectivity index (χ3n) is 3.25. The number of amides is 1. The predicted octanol–water partition coefficient (Wildman–Crippen LogP) is 3.35. The average molecular weight is 332 g/mol. The summed E-state index contributed by atoms with van der Waals surface area (Å²) in [5.41, 5.74) is 0.775. The van der Waals surface area contributed by atoms with Crippen LogP contribution in [0.15, 0.2) is 46.3 Å². The molecular weight excluding hydrogens is 312 g/mol. The monoisotopic (exact) mass is 332 g/mol. The van der Waals surface area contributed by atoms with Crippen molar-refractivity contribution >= 4 is 34.5 Å². The molecule has 1 aromatic carbocycles. The Morgan fingerprint density at radius 2 is 2.04 bits per heavy atom. The van der Waals surface area contributed by atoms with Crippen molar-refractivity contribution in [3.8, 4) is 0 Å². The minimum atomic E-state index is -0.536. The lowest BCUT2D eigenvalue weighted by atomic mass is 10.1. The van der Waals surface area contributed by atoms with Crippen molar-refractivity contribution < 1.29 is 14.3 Å². The first kappa shape index (κ1) is 17.3. The summed E-state index contributed by atoms with van der Waals surface area (Å²) in [5.74, 6) is -0.263. The van der Waals surface area contributed by atoms with Crippen LogP contribution in [-0.4, -0.2) is 35.6 Å². The van der Waals surface area contributed by atoms with E-state index in [1.54, 1.807) is 4.90 Å². The highest BCUT2D eigenvalue weighted by Gasteiger charge is 2.33. The number of carbonyl (C=O) groups is 2. The molecule has 1 aromatic rings. The fraction of sp³-hybridized carbons (Fsp3) is 0.353. The summed E-state index contributed by atoms with van der Waals surface area (Å²) in [4.78, 5) is 30.5. The lowest BCUT2D eigenvalue weighted by Gasteiger charge is -2.16. The van der Waals surface area contributed by atoms with Gasteiger partial charge >= 0.3 is 5.97 Å². The average Bonchev–Trinajstić information content (AvgIpc) is 2.81. The van der Waals surface area contributed by atoms with Crippen LogP contribution < -0.4 is 0 Å². The Labute approximate surface area is 140 Å². The Balaban J connectivity index is 2.29. The normalized spacial score (nSPS) is 18.3. The maximum atomic E-state index is 12.5. The highest BCUT2D eigenvalue weighted by molar-refractivity contribution is 8.18. The largest absolute Gasteiger partial charge is 0.466 e. The first-order chi connectivity index (χ1) is 11.0. The molecule has 0 saturated carbocycles. The Kier molecular flexibility index (Phi) is 5.98. The van der Waals surface area contributed by atoms with Gasteiger partial charge in [-0.25, -0.2) is 9.79 Å². The molecule has 6 heteroatoms. The van der Waals surface area contributed by atoms with Gasteiger partial charge in [-0.05, 0) is 36.2 Å². The van der Waals surface area contributed by atoms with E-state index in [1.807, 2.05) is 30.3 Å². The Bertz CT molecular complexity index is 638. The number of rotatable bonds is 5. The van der Waals surface area contributed by atoms with Crippen LogP contribution in [0, 0.1) is 5.92 Å². The molecule has 1 amide bonds. The molecule has 122 valence electrons. The molecule has 23 heavy (non-hydrogen) atoms. The lowest BCUT2D eigenvalue weighted by Crippen LogP contribution is -2.30. The number of amidine groups is 1. The number of carbonyl (C=O) groups excluding carboxylic acids is 2. The lowest BCUT2D eigenvalue weighted by molar-refractivity contribution is -0.135. The van der Waals surface area contributed by atoms with Crippen molar-refractivity contribution in [1.82, 2.24) is 4.90 Å². The molecule has 0 bridgehead atoms. The van der Waals surface area contributed by atoms with Gasteiger partial charge in [0, 0.05) is 12.6 Å². The summed E-state index contributed by atoms with van der Waals surface area (Å²) in [7, 11) is 1.29. The molecule has 1 fully saturated rings. The highest BCUT2D eigenvalue weighted by atomic mass is 32.2. The molecule has 2 rings (SSSR count). The summed E-state index contributed by atoms with van der Waals surface area (Å²) in [6, 6.07) is 9.45. The Hall–Kier alpha value is -2.08. The van der Waals surface area contributed by atoms with E-state index in [0.29, 0.717) is 22.5 Å². The van der Waals surface area contributed by atoms with Gasteiger partial charge in [-0.15, -0.1) is 0 Å². The smallest absolute Gasteiger partial charge is 0.331 e. The van der Waals surface area contributed by atoms with Crippen LogP contribution in [-0.2, 0) is 14.3 Å². The molecule has 1 aliphatic rings. The summed E-state index contributed by atoms with van der Waals surface area (Å²) in [6.45, 7) is 4.79. The second-order valence-electron chi connectivity index (χ2n) is 5.50. The molecule has 0 radical (unpaired) electrons. The molecule has 0 atom stereocenters. The van der Waals surface area contributed by atoms with Crippen molar-refractivity contribution in [1.29, 1.82) is 0 Å².